The highest BCUT2D eigenvalue weighted by Crippen LogP contribution is 2.21. The number of nitrogens with two attached hydrogens (primary N) is 1. The van der Waals surface area contributed by atoms with Crippen molar-refractivity contribution in [2.45, 2.75) is 6.92 Å². The van der Waals surface area contributed by atoms with E-state index in [1.165, 1.54) is 6.07 Å². The summed E-state index contributed by atoms with van der Waals surface area (Å²) in [6.07, 6.45) is 1.68. The maximum absolute atomic E-state index is 11.0. The molecule has 0 aliphatic carbocycles. The minimum Gasteiger partial charge on any atom is -0.437 e. The largest absolute Gasteiger partial charge is 0.437 e. The van der Waals surface area contributed by atoms with Crippen molar-refractivity contribution in [2.75, 3.05) is 0 Å². The Hall–Kier alpha value is -2.43. The Morgan fingerprint density at radius 3 is 2.82 bits per heavy atom. The van der Waals surface area contributed by atoms with Crippen LogP contribution in [-0.2, 0) is 0 Å². The molecule has 2 aromatic heterocycles. The SMILES string of the molecule is Cc1ncccc1Oc1cccc(C(N)=O)n1. The fourth-order valence-electron chi connectivity index (χ4n) is 1.30. The predicted octanol–water partition coefficient (Wildman–Crippen LogP) is 1.68. The summed E-state index contributed by atoms with van der Waals surface area (Å²) in [5.41, 5.74) is 6.06. The lowest BCUT2D eigenvalue weighted by Gasteiger charge is -2.06. The molecule has 2 N–H and O–H groups in total. The first-order valence-electron chi connectivity index (χ1n) is 5.03. The van der Waals surface area contributed by atoms with Gasteiger partial charge in [0.2, 0.25) is 5.88 Å². The van der Waals surface area contributed by atoms with Gasteiger partial charge in [0.05, 0.1) is 5.69 Å². The van der Waals surface area contributed by atoms with Gasteiger partial charge in [-0.05, 0) is 25.1 Å². The molecular formula is C12H11N3O2. The van der Waals surface area contributed by atoms with E-state index < -0.39 is 5.91 Å². The molecule has 2 aromatic rings. The van der Waals surface area contributed by atoms with Crippen LogP contribution in [0.4, 0.5) is 0 Å². The molecule has 0 atom stereocenters. The summed E-state index contributed by atoms with van der Waals surface area (Å²) in [5, 5.41) is 0. The van der Waals surface area contributed by atoms with Crippen molar-refractivity contribution < 1.29 is 9.53 Å². The number of ether oxygens (including phenoxy) is 1. The molecule has 1 amide bonds. The van der Waals surface area contributed by atoms with Gasteiger partial charge in [0.1, 0.15) is 5.69 Å². The Labute approximate surface area is 98.3 Å². The number of pyridine rings is 2. The lowest BCUT2D eigenvalue weighted by atomic mass is 10.3. The molecule has 0 aliphatic rings. The Bertz CT molecular complexity index is 555. The van der Waals surface area contributed by atoms with Gasteiger partial charge in [0.25, 0.3) is 5.91 Å². The molecule has 0 spiro atoms. The molecule has 0 aromatic carbocycles. The third kappa shape index (κ3) is 2.57. The van der Waals surface area contributed by atoms with Crippen LogP contribution >= 0.6 is 0 Å². The number of amides is 1. The normalized spacial score (nSPS) is 9.94. The van der Waals surface area contributed by atoms with E-state index in [0.29, 0.717) is 11.6 Å². The van der Waals surface area contributed by atoms with Gasteiger partial charge in [-0.15, -0.1) is 0 Å². The van der Waals surface area contributed by atoms with Crippen LogP contribution in [0.15, 0.2) is 36.5 Å². The highest BCUT2D eigenvalue weighted by Gasteiger charge is 2.06. The van der Waals surface area contributed by atoms with Gasteiger partial charge in [-0.2, -0.15) is 0 Å². The lowest BCUT2D eigenvalue weighted by Crippen LogP contribution is -2.12. The highest BCUT2D eigenvalue weighted by atomic mass is 16.5. The molecule has 0 fully saturated rings. The first-order valence-corrected chi connectivity index (χ1v) is 5.03. The molecule has 86 valence electrons. The summed E-state index contributed by atoms with van der Waals surface area (Å²) in [6, 6.07) is 8.39. The second-order valence-corrected chi connectivity index (χ2v) is 3.41. The van der Waals surface area contributed by atoms with Crippen molar-refractivity contribution in [3.8, 4) is 11.6 Å². The van der Waals surface area contributed by atoms with E-state index in [9.17, 15) is 4.79 Å². The van der Waals surface area contributed by atoms with E-state index in [1.807, 2.05) is 6.92 Å². The highest BCUT2D eigenvalue weighted by molar-refractivity contribution is 5.90. The molecule has 0 radical (unpaired) electrons. The predicted molar refractivity (Wildman–Crippen MR) is 61.8 cm³/mol. The molecule has 0 saturated carbocycles. The third-order valence-electron chi connectivity index (χ3n) is 2.15. The van der Waals surface area contributed by atoms with E-state index in [4.69, 9.17) is 10.5 Å². The van der Waals surface area contributed by atoms with E-state index in [-0.39, 0.29) is 5.69 Å². The zero-order valence-electron chi connectivity index (χ0n) is 9.25. The Kier molecular flexibility index (Phi) is 3.00. The zero-order valence-corrected chi connectivity index (χ0v) is 9.25. The molecule has 0 bridgehead atoms. The third-order valence-corrected chi connectivity index (χ3v) is 2.15. The minimum absolute atomic E-state index is 0.170. The van der Waals surface area contributed by atoms with Crippen LogP contribution in [-0.4, -0.2) is 15.9 Å². The smallest absolute Gasteiger partial charge is 0.267 e. The van der Waals surface area contributed by atoms with Crippen molar-refractivity contribution in [1.82, 2.24) is 9.97 Å². The zero-order chi connectivity index (χ0) is 12.3. The van der Waals surface area contributed by atoms with Gasteiger partial charge in [0, 0.05) is 12.3 Å². The standard InChI is InChI=1S/C12H11N3O2/c1-8-10(5-3-7-14-8)17-11-6-2-4-9(15-11)12(13)16/h2-7H,1H3,(H2,13,16). The summed E-state index contributed by atoms with van der Waals surface area (Å²) in [4.78, 5) is 19.0. The maximum Gasteiger partial charge on any atom is 0.267 e. The number of aryl methyl sites for hydroxylation is 1. The van der Waals surface area contributed by atoms with Crippen molar-refractivity contribution in [3.63, 3.8) is 0 Å². The van der Waals surface area contributed by atoms with Gasteiger partial charge in [-0.1, -0.05) is 6.07 Å². The molecule has 0 unspecified atom stereocenters. The number of primary amides is 1. The van der Waals surface area contributed by atoms with Crippen LogP contribution in [0, 0.1) is 6.92 Å². The van der Waals surface area contributed by atoms with Gasteiger partial charge in [-0.25, -0.2) is 4.98 Å². The molecule has 17 heavy (non-hydrogen) atoms. The Morgan fingerprint density at radius 1 is 1.29 bits per heavy atom. The van der Waals surface area contributed by atoms with Crippen molar-refractivity contribution in [3.05, 3.63) is 47.9 Å². The summed E-state index contributed by atoms with van der Waals surface area (Å²) in [6.45, 7) is 1.83. The average Bonchev–Trinajstić information content (AvgIpc) is 2.32. The van der Waals surface area contributed by atoms with Gasteiger partial charge in [0.15, 0.2) is 5.75 Å². The number of carbonyl (C=O) groups is 1. The van der Waals surface area contributed by atoms with Gasteiger partial charge < -0.3 is 10.5 Å². The van der Waals surface area contributed by atoms with E-state index >= 15 is 0 Å². The molecule has 5 nitrogen and oxygen atoms in total. The number of hydrogen-bond acceptors (Lipinski definition) is 4. The van der Waals surface area contributed by atoms with Crippen LogP contribution in [0.5, 0.6) is 11.6 Å². The molecular weight excluding hydrogens is 218 g/mol. The quantitative estimate of drug-likeness (QED) is 0.868. The van der Waals surface area contributed by atoms with E-state index in [1.54, 1.807) is 30.5 Å². The van der Waals surface area contributed by atoms with Crippen LogP contribution in [0.25, 0.3) is 0 Å². The van der Waals surface area contributed by atoms with Crippen molar-refractivity contribution >= 4 is 5.91 Å². The summed E-state index contributed by atoms with van der Waals surface area (Å²) in [7, 11) is 0. The van der Waals surface area contributed by atoms with Gasteiger partial charge in [-0.3, -0.25) is 9.78 Å². The lowest BCUT2D eigenvalue weighted by molar-refractivity contribution is 0.0995. The maximum atomic E-state index is 11.0. The average molecular weight is 229 g/mol. The van der Waals surface area contributed by atoms with Crippen LogP contribution in [0.2, 0.25) is 0 Å². The number of hydrogen-bond donors (Lipinski definition) is 1. The monoisotopic (exact) mass is 229 g/mol. The molecule has 2 heterocycles. The van der Waals surface area contributed by atoms with Crippen LogP contribution in [0.1, 0.15) is 16.2 Å². The van der Waals surface area contributed by atoms with E-state index in [2.05, 4.69) is 9.97 Å². The summed E-state index contributed by atoms with van der Waals surface area (Å²) >= 11 is 0. The topological polar surface area (TPSA) is 78.1 Å². The molecule has 2 rings (SSSR count). The molecule has 5 heteroatoms. The second-order valence-electron chi connectivity index (χ2n) is 3.41. The van der Waals surface area contributed by atoms with Gasteiger partial charge >= 0.3 is 0 Å². The molecule has 0 saturated heterocycles. The summed E-state index contributed by atoms with van der Waals surface area (Å²) < 4.78 is 5.52. The summed E-state index contributed by atoms with van der Waals surface area (Å²) in [5.74, 6) is 0.331. The van der Waals surface area contributed by atoms with Crippen LogP contribution < -0.4 is 10.5 Å². The number of carbonyl (C=O) groups excluding carboxylic acids is 1. The Morgan fingerprint density at radius 2 is 2.12 bits per heavy atom. The van der Waals surface area contributed by atoms with Crippen molar-refractivity contribution in [1.29, 1.82) is 0 Å². The first-order chi connectivity index (χ1) is 8.16. The second kappa shape index (κ2) is 4.61. The first kappa shape index (κ1) is 11.1. The number of rotatable bonds is 3. The Balaban J connectivity index is 2.28. The fraction of sp³-hybridized carbons (Fsp3) is 0.0833. The van der Waals surface area contributed by atoms with E-state index in [0.717, 1.165) is 5.69 Å². The number of aromatic nitrogens is 2. The van der Waals surface area contributed by atoms with Crippen LogP contribution in [0.3, 0.4) is 0 Å². The number of nitrogens with zero attached hydrogens (tertiary/aromatic N) is 2. The fourth-order valence-corrected chi connectivity index (χ4v) is 1.30. The molecule has 0 aliphatic heterocycles. The van der Waals surface area contributed by atoms with Crippen molar-refractivity contribution in [2.24, 2.45) is 5.73 Å². The minimum atomic E-state index is -0.585.